The zero-order valence-electron chi connectivity index (χ0n) is 13.2. The zero-order chi connectivity index (χ0) is 16.4. The number of aromatic nitrogens is 1. The fourth-order valence-electron chi connectivity index (χ4n) is 2.38. The van der Waals surface area contributed by atoms with E-state index in [1.54, 1.807) is 13.8 Å². The van der Waals surface area contributed by atoms with Gasteiger partial charge in [0.1, 0.15) is 16.3 Å². The van der Waals surface area contributed by atoms with E-state index in [0.29, 0.717) is 34.0 Å². The van der Waals surface area contributed by atoms with Crippen LogP contribution < -0.4 is 5.32 Å². The molecule has 0 aliphatic rings. The molecule has 0 atom stereocenters. The number of aryl methyl sites for hydroxylation is 3. The van der Waals surface area contributed by atoms with Gasteiger partial charge in [0.2, 0.25) is 0 Å². The molecule has 2 heterocycles. The molecule has 6 nitrogen and oxygen atoms in total. The summed E-state index contributed by atoms with van der Waals surface area (Å²) >= 11 is 1.36. The lowest BCUT2D eigenvalue weighted by molar-refractivity contribution is 0.0601. The largest absolute Gasteiger partial charge is 0.465 e. The highest BCUT2D eigenvalue weighted by atomic mass is 32.1. The Bertz CT molecular complexity index is 711. The van der Waals surface area contributed by atoms with Crippen molar-refractivity contribution < 1.29 is 18.8 Å². The van der Waals surface area contributed by atoms with Crippen LogP contribution in [0.25, 0.3) is 0 Å². The number of carbonyl (C=O) groups is 2. The van der Waals surface area contributed by atoms with Crippen molar-refractivity contribution in [3.05, 3.63) is 33.0 Å². The van der Waals surface area contributed by atoms with Gasteiger partial charge in [-0.2, -0.15) is 0 Å². The molecule has 1 N–H and O–H groups in total. The molecule has 0 aromatic carbocycles. The number of nitrogens with zero attached hydrogens (tertiary/aromatic N) is 1. The van der Waals surface area contributed by atoms with Crippen molar-refractivity contribution in [3.63, 3.8) is 0 Å². The Morgan fingerprint density at radius 1 is 1.27 bits per heavy atom. The van der Waals surface area contributed by atoms with Gasteiger partial charge in [-0.15, -0.1) is 11.3 Å². The summed E-state index contributed by atoms with van der Waals surface area (Å²) in [6, 6.07) is 0. The van der Waals surface area contributed by atoms with E-state index in [2.05, 4.69) is 10.5 Å². The molecular formula is C15H18N2O4S. The highest BCUT2D eigenvalue weighted by Crippen LogP contribution is 2.34. The summed E-state index contributed by atoms with van der Waals surface area (Å²) in [5.74, 6) is -0.348. The minimum Gasteiger partial charge on any atom is -0.465 e. The van der Waals surface area contributed by atoms with E-state index < -0.39 is 5.97 Å². The molecule has 2 aromatic heterocycles. The number of anilines is 1. The highest BCUT2D eigenvalue weighted by Gasteiger charge is 2.25. The Labute approximate surface area is 132 Å². The minimum atomic E-state index is -0.449. The van der Waals surface area contributed by atoms with Crippen LogP contribution in [0.15, 0.2) is 4.52 Å². The first-order chi connectivity index (χ1) is 10.4. The number of thiophene rings is 1. The van der Waals surface area contributed by atoms with E-state index in [9.17, 15) is 9.59 Å². The number of esters is 1. The molecular weight excluding hydrogens is 304 g/mol. The summed E-state index contributed by atoms with van der Waals surface area (Å²) in [6.07, 6.45) is 0.688. The van der Waals surface area contributed by atoms with Gasteiger partial charge in [-0.1, -0.05) is 12.1 Å². The Balaban J connectivity index is 2.42. The van der Waals surface area contributed by atoms with E-state index in [-0.39, 0.29) is 5.91 Å². The van der Waals surface area contributed by atoms with Gasteiger partial charge in [0, 0.05) is 4.88 Å². The summed E-state index contributed by atoms with van der Waals surface area (Å²) < 4.78 is 9.84. The number of methoxy groups -OCH3 is 1. The van der Waals surface area contributed by atoms with Crippen LogP contribution in [0, 0.1) is 20.8 Å². The van der Waals surface area contributed by atoms with Crippen LogP contribution in [-0.2, 0) is 11.2 Å². The van der Waals surface area contributed by atoms with Crippen molar-refractivity contribution >= 4 is 28.2 Å². The summed E-state index contributed by atoms with van der Waals surface area (Å²) in [5.41, 5.74) is 2.22. The molecule has 0 fully saturated rings. The number of ether oxygens (including phenoxy) is 1. The third-order valence-electron chi connectivity index (χ3n) is 3.44. The van der Waals surface area contributed by atoms with Crippen molar-refractivity contribution in [2.45, 2.75) is 34.1 Å². The number of nitrogens with one attached hydrogen (secondary N) is 1. The van der Waals surface area contributed by atoms with Crippen molar-refractivity contribution in [1.82, 2.24) is 5.16 Å². The number of rotatable bonds is 4. The number of carbonyl (C=O) groups excluding carboxylic acids is 2. The standard InChI is InChI=1S/C15H18N2O4S/c1-6-10-9(4)22-14(12(10)15(19)20-5)16-13(18)11-7(2)17-21-8(11)3/h6H2,1-5H3,(H,16,18). The second-order valence-electron chi connectivity index (χ2n) is 4.84. The molecule has 0 spiro atoms. The van der Waals surface area contributed by atoms with Gasteiger partial charge >= 0.3 is 5.97 Å². The summed E-state index contributed by atoms with van der Waals surface area (Å²) in [7, 11) is 1.33. The number of hydrogen-bond acceptors (Lipinski definition) is 6. The summed E-state index contributed by atoms with van der Waals surface area (Å²) in [4.78, 5) is 25.4. The molecule has 2 aromatic rings. The van der Waals surface area contributed by atoms with E-state index >= 15 is 0 Å². The highest BCUT2D eigenvalue weighted by molar-refractivity contribution is 7.16. The normalized spacial score (nSPS) is 10.6. The third-order valence-corrected chi connectivity index (χ3v) is 4.50. The molecule has 118 valence electrons. The Morgan fingerprint density at radius 2 is 1.95 bits per heavy atom. The minimum absolute atomic E-state index is 0.342. The molecule has 7 heteroatoms. The lowest BCUT2D eigenvalue weighted by atomic mass is 10.1. The fourth-order valence-corrected chi connectivity index (χ4v) is 3.51. The first-order valence-electron chi connectivity index (χ1n) is 6.85. The van der Waals surface area contributed by atoms with Gasteiger partial charge in [0.05, 0.1) is 18.4 Å². The predicted molar refractivity (Wildman–Crippen MR) is 83.7 cm³/mol. The number of hydrogen-bond donors (Lipinski definition) is 1. The van der Waals surface area contributed by atoms with Gasteiger partial charge in [-0.05, 0) is 32.8 Å². The molecule has 0 aliphatic carbocycles. The molecule has 0 saturated heterocycles. The van der Waals surface area contributed by atoms with Gasteiger partial charge in [0.25, 0.3) is 5.91 Å². The molecule has 22 heavy (non-hydrogen) atoms. The first-order valence-corrected chi connectivity index (χ1v) is 7.67. The molecule has 0 radical (unpaired) electrons. The topological polar surface area (TPSA) is 81.4 Å². The van der Waals surface area contributed by atoms with Crippen molar-refractivity contribution in [1.29, 1.82) is 0 Å². The second kappa shape index (κ2) is 6.31. The summed E-state index contributed by atoms with van der Waals surface area (Å²) in [6.45, 7) is 7.25. The van der Waals surface area contributed by atoms with Gasteiger partial charge in [-0.25, -0.2) is 4.79 Å². The molecule has 0 aliphatic heterocycles. The van der Waals surface area contributed by atoms with Gasteiger partial charge in [-0.3, -0.25) is 4.79 Å². The van der Waals surface area contributed by atoms with E-state index in [0.717, 1.165) is 10.4 Å². The fraction of sp³-hybridized carbons (Fsp3) is 0.400. The van der Waals surface area contributed by atoms with Crippen LogP contribution in [0.4, 0.5) is 5.00 Å². The van der Waals surface area contributed by atoms with Crippen LogP contribution in [0.2, 0.25) is 0 Å². The Morgan fingerprint density at radius 3 is 2.45 bits per heavy atom. The van der Waals surface area contributed by atoms with Crippen molar-refractivity contribution in [2.75, 3.05) is 12.4 Å². The number of amides is 1. The van der Waals surface area contributed by atoms with Crippen LogP contribution in [0.1, 0.15) is 49.5 Å². The molecule has 0 unspecified atom stereocenters. The average Bonchev–Trinajstić information content (AvgIpc) is 2.97. The lowest BCUT2D eigenvalue weighted by Crippen LogP contribution is -2.15. The Kier molecular flexibility index (Phi) is 4.65. The predicted octanol–water partition coefficient (Wildman–Crippen LogP) is 3.26. The van der Waals surface area contributed by atoms with Crippen LogP contribution in [0.5, 0.6) is 0 Å². The molecule has 2 rings (SSSR count). The van der Waals surface area contributed by atoms with Crippen molar-refractivity contribution in [3.8, 4) is 0 Å². The van der Waals surface area contributed by atoms with E-state index in [1.807, 2.05) is 13.8 Å². The smallest absolute Gasteiger partial charge is 0.341 e. The second-order valence-corrected chi connectivity index (χ2v) is 6.06. The first kappa shape index (κ1) is 16.2. The lowest BCUT2D eigenvalue weighted by Gasteiger charge is -2.06. The van der Waals surface area contributed by atoms with E-state index in [1.165, 1.54) is 18.4 Å². The van der Waals surface area contributed by atoms with Crippen molar-refractivity contribution in [2.24, 2.45) is 0 Å². The molecule has 0 bridgehead atoms. The van der Waals surface area contributed by atoms with Gasteiger partial charge < -0.3 is 14.6 Å². The van der Waals surface area contributed by atoms with Crippen LogP contribution in [0.3, 0.4) is 0 Å². The maximum atomic E-state index is 12.4. The Hall–Kier alpha value is -2.15. The van der Waals surface area contributed by atoms with Gasteiger partial charge in [0.15, 0.2) is 0 Å². The SMILES string of the molecule is CCc1c(C)sc(NC(=O)c2c(C)noc2C)c1C(=O)OC. The average molecular weight is 322 g/mol. The quantitative estimate of drug-likeness (QED) is 0.874. The summed E-state index contributed by atoms with van der Waals surface area (Å²) in [5, 5.41) is 7.04. The maximum Gasteiger partial charge on any atom is 0.341 e. The van der Waals surface area contributed by atoms with Crippen LogP contribution in [-0.4, -0.2) is 24.1 Å². The monoisotopic (exact) mass is 322 g/mol. The van der Waals surface area contributed by atoms with Crippen LogP contribution >= 0.6 is 11.3 Å². The zero-order valence-corrected chi connectivity index (χ0v) is 14.0. The third kappa shape index (κ3) is 2.76. The molecule has 1 amide bonds. The molecule has 0 saturated carbocycles. The maximum absolute atomic E-state index is 12.4. The van der Waals surface area contributed by atoms with E-state index in [4.69, 9.17) is 9.26 Å².